The maximum Gasteiger partial charge on any atom is 0.289 e. The maximum absolute atomic E-state index is 12.4. The van der Waals surface area contributed by atoms with Crippen molar-refractivity contribution >= 4 is 34.9 Å². The van der Waals surface area contributed by atoms with Crippen LogP contribution in [0.25, 0.3) is 6.08 Å². The fraction of sp³-hybridized carbons (Fsp3) is 0.353. The summed E-state index contributed by atoms with van der Waals surface area (Å²) in [5.41, 5.74) is 0.842. The molecule has 1 aromatic carbocycles. The zero-order valence-electron chi connectivity index (χ0n) is 13.3. The molecule has 130 valence electrons. The normalized spacial score (nSPS) is 22.5. The molecule has 0 radical (unpaired) electrons. The van der Waals surface area contributed by atoms with Crippen molar-refractivity contribution in [2.75, 3.05) is 25.6 Å². The molecule has 0 saturated carbocycles. The number of hydrogen-bond donors (Lipinski definition) is 0. The van der Waals surface area contributed by atoms with Crippen LogP contribution in [-0.2, 0) is 9.59 Å². The van der Waals surface area contributed by atoms with E-state index in [4.69, 9.17) is 9.47 Å². The van der Waals surface area contributed by atoms with Gasteiger partial charge in [0.1, 0.15) is 0 Å². The minimum absolute atomic E-state index is 0.132. The number of benzene rings is 1. The zero-order valence-corrected chi connectivity index (χ0v) is 14.2. The monoisotopic (exact) mass is 360 g/mol. The van der Waals surface area contributed by atoms with Crippen molar-refractivity contribution < 1.29 is 23.9 Å². The van der Waals surface area contributed by atoms with Crippen LogP contribution in [0.3, 0.4) is 0 Å². The summed E-state index contributed by atoms with van der Waals surface area (Å²) in [5.74, 6) is 1.27. The van der Waals surface area contributed by atoms with Crippen molar-refractivity contribution in [3.63, 3.8) is 0 Å². The average molecular weight is 360 g/mol. The van der Waals surface area contributed by atoms with E-state index in [-0.39, 0.29) is 35.6 Å². The summed E-state index contributed by atoms with van der Waals surface area (Å²) in [7, 11) is 0. The van der Waals surface area contributed by atoms with E-state index in [9.17, 15) is 14.4 Å². The third kappa shape index (κ3) is 3.09. The van der Waals surface area contributed by atoms with Gasteiger partial charge in [-0.05, 0) is 30.2 Å². The van der Waals surface area contributed by atoms with E-state index in [1.807, 2.05) is 12.1 Å². The molecule has 7 nitrogen and oxygen atoms in total. The standard InChI is InChI=1S/C17H16N2O5S/c20-15(4-2-11-1-3-13-14(7-11)24-10-23-13)18-6-5-12(8-18)19-16(21)9-25-17(19)22/h1-4,7,12H,5-6,8-10H2/b4-2+. The minimum Gasteiger partial charge on any atom is -0.454 e. The van der Waals surface area contributed by atoms with E-state index in [0.29, 0.717) is 31.0 Å². The van der Waals surface area contributed by atoms with Crippen LogP contribution in [0.1, 0.15) is 12.0 Å². The molecule has 3 amide bonds. The van der Waals surface area contributed by atoms with Gasteiger partial charge in [0.05, 0.1) is 11.8 Å². The van der Waals surface area contributed by atoms with Gasteiger partial charge in [-0.3, -0.25) is 19.3 Å². The lowest BCUT2D eigenvalue weighted by molar-refractivity contribution is -0.128. The second-order valence-electron chi connectivity index (χ2n) is 5.99. The Labute approximate surface area is 148 Å². The molecule has 0 aliphatic carbocycles. The summed E-state index contributed by atoms with van der Waals surface area (Å²) in [6, 6.07) is 5.26. The number of imide groups is 1. The van der Waals surface area contributed by atoms with Gasteiger partial charge < -0.3 is 14.4 Å². The lowest BCUT2D eigenvalue weighted by atomic mass is 10.2. The molecule has 8 heteroatoms. The number of nitrogens with zero attached hydrogens (tertiary/aromatic N) is 2. The van der Waals surface area contributed by atoms with E-state index in [0.717, 1.165) is 17.3 Å². The molecule has 2 saturated heterocycles. The molecular formula is C17H16N2O5S. The molecule has 4 rings (SSSR count). The van der Waals surface area contributed by atoms with Crippen molar-refractivity contribution in [1.29, 1.82) is 0 Å². The summed E-state index contributed by atoms with van der Waals surface area (Å²) < 4.78 is 10.6. The highest BCUT2D eigenvalue weighted by Crippen LogP contribution is 2.33. The molecule has 3 aliphatic heterocycles. The van der Waals surface area contributed by atoms with E-state index < -0.39 is 0 Å². The molecule has 1 aromatic rings. The lowest BCUT2D eigenvalue weighted by Crippen LogP contribution is -2.41. The Hall–Kier alpha value is -2.48. The molecule has 0 bridgehead atoms. The molecule has 3 aliphatic rings. The summed E-state index contributed by atoms with van der Waals surface area (Å²) >= 11 is 1.03. The number of rotatable bonds is 3. The van der Waals surface area contributed by atoms with Crippen LogP contribution in [0.2, 0.25) is 0 Å². The van der Waals surface area contributed by atoms with E-state index in [1.165, 1.54) is 11.0 Å². The van der Waals surface area contributed by atoms with Gasteiger partial charge in [0.25, 0.3) is 5.24 Å². The van der Waals surface area contributed by atoms with E-state index >= 15 is 0 Å². The zero-order chi connectivity index (χ0) is 17.4. The molecule has 25 heavy (non-hydrogen) atoms. The third-order valence-electron chi connectivity index (χ3n) is 4.44. The van der Waals surface area contributed by atoms with Gasteiger partial charge in [0.2, 0.25) is 18.6 Å². The van der Waals surface area contributed by atoms with E-state index in [2.05, 4.69) is 0 Å². The van der Waals surface area contributed by atoms with Crippen molar-refractivity contribution in [1.82, 2.24) is 9.80 Å². The predicted octanol–water partition coefficient (Wildman–Crippen LogP) is 1.72. The van der Waals surface area contributed by atoms with E-state index in [1.54, 1.807) is 17.0 Å². The quantitative estimate of drug-likeness (QED) is 0.764. The molecule has 0 spiro atoms. The summed E-state index contributed by atoms with van der Waals surface area (Å²) in [6.07, 6.45) is 3.85. The number of likely N-dealkylation sites (tertiary alicyclic amines) is 1. The SMILES string of the molecule is O=C(/C=C/c1ccc2c(c1)OCO2)N1CCC(N2C(=O)CSC2=O)C1. The number of carbonyl (C=O) groups is 3. The first-order chi connectivity index (χ1) is 12.1. The predicted molar refractivity (Wildman–Crippen MR) is 91.3 cm³/mol. The van der Waals surface area contributed by atoms with Gasteiger partial charge in [0.15, 0.2) is 11.5 Å². The Morgan fingerprint density at radius 2 is 2.08 bits per heavy atom. The van der Waals surface area contributed by atoms with Crippen molar-refractivity contribution in [3.8, 4) is 11.5 Å². The van der Waals surface area contributed by atoms with Crippen LogP contribution in [0.4, 0.5) is 4.79 Å². The number of thioether (sulfide) groups is 1. The number of amides is 3. The van der Waals surface area contributed by atoms with Crippen LogP contribution >= 0.6 is 11.8 Å². The van der Waals surface area contributed by atoms with Gasteiger partial charge >= 0.3 is 0 Å². The summed E-state index contributed by atoms with van der Waals surface area (Å²) in [6.45, 7) is 1.14. The maximum atomic E-state index is 12.4. The number of fused-ring (bicyclic) bond motifs is 1. The van der Waals surface area contributed by atoms with Gasteiger partial charge in [-0.15, -0.1) is 0 Å². The smallest absolute Gasteiger partial charge is 0.289 e. The van der Waals surface area contributed by atoms with Gasteiger partial charge in [-0.1, -0.05) is 17.8 Å². The highest BCUT2D eigenvalue weighted by molar-refractivity contribution is 8.14. The fourth-order valence-corrected chi connectivity index (χ4v) is 3.94. The number of ether oxygens (including phenoxy) is 2. The van der Waals surface area contributed by atoms with Crippen LogP contribution in [-0.4, -0.2) is 58.5 Å². The molecule has 0 aromatic heterocycles. The summed E-state index contributed by atoms with van der Waals surface area (Å²) in [5, 5.41) is -0.208. The Bertz CT molecular complexity index is 762. The number of carbonyl (C=O) groups excluding carboxylic acids is 3. The molecule has 0 N–H and O–H groups in total. The van der Waals surface area contributed by atoms with Crippen molar-refractivity contribution in [2.24, 2.45) is 0 Å². The first kappa shape index (κ1) is 16.0. The molecular weight excluding hydrogens is 344 g/mol. The van der Waals surface area contributed by atoms with Crippen LogP contribution in [0.15, 0.2) is 24.3 Å². The highest BCUT2D eigenvalue weighted by atomic mass is 32.2. The number of hydrogen-bond acceptors (Lipinski definition) is 6. The highest BCUT2D eigenvalue weighted by Gasteiger charge is 2.39. The Kier molecular flexibility index (Phi) is 4.12. The molecule has 2 fully saturated rings. The molecule has 1 atom stereocenters. The van der Waals surface area contributed by atoms with Gasteiger partial charge in [-0.25, -0.2) is 0 Å². The van der Waals surface area contributed by atoms with Gasteiger partial charge in [0, 0.05) is 19.2 Å². The molecule has 3 heterocycles. The first-order valence-electron chi connectivity index (χ1n) is 7.97. The third-order valence-corrected chi connectivity index (χ3v) is 5.27. The average Bonchev–Trinajstić information content (AvgIpc) is 3.32. The first-order valence-corrected chi connectivity index (χ1v) is 8.96. The Morgan fingerprint density at radius 3 is 2.88 bits per heavy atom. The van der Waals surface area contributed by atoms with Crippen molar-refractivity contribution in [3.05, 3.63) is 29.8 Å². The Balaban J connectivity index is 1.39. The Morgan fingerprint density at radius 1 is 1.24 bits per heavy atom. The van der Waals surface area contributed by atoms with Gasteiger partial charge in [-0.2, -0.15) is 0 Å². The second kappa shape index (κ2) is 6.44. The second-order valence-corrected chi connectivity index (χ2v) is 6.92. The topological polar surface area (TPSA) is 76.2 Å². The summed E-state index contributed by atoms with van der Waals surface area (Å²) in [4.78, 5) is 38.9. The van der Waals surface area contributed by atoms with Crippen LogP contribution < -0.4 is 9.47 Å². The minimum atomic E-state index is -0.210. The molecule has 1 unspecified atom stereocenters. The van der Waals surface area contributed by atoms with Crippen LogP contribution in [0.5, 0.6) is 11.5 Å². The fourth-order valence-electron chi connectivity index (χ4n) is 3.16. The van der Waals surface area contributed by atoms with Crippen molar-refractivity contribution in [2.45, 2.75) is 12.5 Å². The van der Waals surface area contributed by atoms with Crippen LogP contribution in [0, 0.1) is 0 Å². The largest absolute Gasteiger partial charge is 0.454 e. The lowest BCUT2D eigenvalue weighted by Gasteiger charge is -2.21.